The molecule has 1 aromatic rings. The Morgan fingerprint density at radius 3 is 2.18 bits per heavy atom. The van der Waals surface area contributed by atoms with Gasteiger partial charge in [-0.15, -0.1) is 0 Å². The summed E-state index contributed by atoms with van der Waals surface area (Å²) in [5.74, 6) is 0. The molecule has 1 heterocycles. The van der Waals surface area contributed by atoms with Gasteiger partial charge in [0.1, 0.15) is 0 Å². The molecule has 0 bridgehead atoms. The van der Waals surface area contributed by atoms with Gasteiger partial charge in [0.15, 0.2) is 0 Å². The summed E-state index contributed by atoms with van der Waals surface area (Å²) in [6.45, 7) is 0. The van der Waals surface area contributed by atoms with Crippen LogP contribution in [0.2, 0.25) is 14.8 Å². The van der Waals surface area contributed by atoms with E-state index in [0.717, 1.165) is 4.60 Å². The normalized spacial score (nSPS) is 12.1. The number of nitrogens with zero attached hydrogens (tertiary/aromatic N) is 2. The molecule has 0 aliphatic rings. The van der Waals surface area contributed by atoms with E-state index < -0.39 is 18.4 Å². The molecule has 0 aromatic carbocycles. The molecule has 0 aliphatic carbocycles. The van der Waals surface area contributed by atoms with Gasteiger partial charge in [0.25, 0.3) is 0 Å². The first-order valence-electron chi connectivity index (χ1n) is 3.61. The van der Waals surface area contributed by atoms with Gasteiger partial charge < -0.3 is 0 Å². The van der Waals surface area contributed by atoms with E-state index >= 15 is 0 Å². The van der Waals surface area contributed by atoms with Gasteiger partial charge in [0.05, 0.1) is 0 Å². The fourth-order valence-corrected chi connectivity index (χ4v) is 8.85. The van der Waals surface area contributed by atoms with Crippen molar-refractivity contribution >= 4 is 37.9 Å². The van der Waals surface area contributed by atoms with Crippen molar-refractivity contribution in [1.82, 2.24) is 9.78 Å². The summed E-state index contributed by atoms with van der Waals surface area (Å²) < 4.78 is 4.38. The van der Waals surface area contributed by atoms with E-state index in [0.29, 0.717) is 0 Å². The number of aryl methyl sites for hydroxylation is 1. The monoisotopic (exact) mass is 324 g/mol. The van der Waals surface area contributed by atoms with Crippen LogP contribution in [0, 0.1) is 0 Å². The number of aromatic nitrogens is 2. The second kappa shape index (κ2) is 3.09. The van der Waals surface area contributed by atoms with E-state index in [2.05, 4.69) is 42.0 Å². The van der Waals surface area contributed by atoms with E-state index in [1.807, 2.05) is 11.7 Å². The second-order valence-electron chi connectivity index (χ2n) is 3.76. The van der Waals surface area contributed by atoms with Crippen molar-refractivity contribution in [2.75, 3.05) is 0 Å². The first kappa shape index (κ1) is 9.58. The zero-order chi connectivity index (χ0) is 8.65. The molecule has 0 spiro atoms. The molecule has 0 atom stereocenters. The second-order valence-corrected chi connectivity index (χ2v) is 18.9. The number of halogens is 1. The van der Waals surface area contributed by atoms with Gasteiger partial charge in [0.2, 0.25) is 0 Å². The van der Waals surface area contributed by atoms with Crippen LogP contribution < -0.4 is 3.58 Å². The van der Waals surface area contributed by atoms with Crippen LogP contribution in [0.1, 0.15) is 0 Å². The van der Waals surface area contributed by atoms with Gasteiger partial charge in [-0.3, -0.25) is 0 Å². The molecule has 0 amide bonds. The number of hydrogen-bond acceptors (Lipinski definition) is 1. The van der Waals surface area contributed by atoms with Crippen molar-refractivity contribution in [2.24, 2.45) is 7.05 Å². The van der Waals surface area contributed by atoms with E-state index in [1.165, 1.54) is 3.58 Å². The third kappa shape index (κ3) is 2.21. The van der Waals surface area contributed by atoms with Crippen molar-refractivity contribution in [2.45, 2.75) is 14.8 Å². The van der Waals surface area contributed by atoms with Crippen molar-refractivity contribution in [3.05, 3.63) is 10.8 Å². The zero-order valence-corrected chi connectivity index (χ0v) is 11.8. The first-order chi connectivity index (χ1) is 4.91. The fourth-order valence-electron chi connectivity index (χ4n) is 0.964. The quantitative estimate of drug-likeness (QED) is 0.720. The van der Waals surface area contributed by atoms with Gasteiger partial charge in [-0.1, -0.05) is 0 Å². The number of rotatable bonds is 1. The van der Waals surface area contributed by atoms with Crippen LogP contribution >= 0.6 is 15.9 Å². The van der Waals surface area contributed by atoms with Gasteiger partial charge in [-0.25, -0.2) is 0 Å². The van der Waals surface area contributed by atoms with Crippen LogP contribution in [-0.4, -0.2) is 28.2 Å². The minimum absolute atomic E-state index is 1.04. The Balaban J connectivity index is 3.13. The molecule has 0 fully saturated rings. The summed E-state index contributed by atoms with van der Waals surface area (Å²) >= 11 is 1.59. The topological polar surface area (TPSA) is 17.8 Å². The standard InChI is InChI=1S/C4H4BrN2.3CH3.Sn/c1-7-3-2-4(5)6-7;;;;/h3H,1H3;3*1H3;. The summed E-state index contributed by atoms with van der Waals surface area (Å²) in [4.78, 5) is 7.16. The number of hydrogen-bond donors (Lipinski definition) is 0. The molecule has 0 saturated carbocycles. The molecular formula is C7H13BrN2Sn. The minimum atomic E-state index is -1.88. The maximum atomic E-state index is 4.26. The van der Waals surface area contributed by atoms with Crippen molar-refractivity contribution in [3.63, 3.8) is 0 Å². The molecule has 0 unspecified atom stereocenters. The summed E-state index contributed by atoms with van der Waals surface area (Å²) in [5.41, 5.74) is 0. The van der Waals surface area contributed by atoms with Crippen LogP contribution in [0.5, 0.6) is 0 Å². The summed E-state index contributed by atoms with van der Waals surface area (Å²) in [7, 11) is 1.96. The Morgan fingerprint density at radius 2 is 2.00 bits per heavy atom. The van der Waals surface area contributed by atoms with E-state index in [9.17, 15) is 0 Å². The Bertz CT molecular complexity index is 262. The molecule has 4 heteroatoms. The van der Waals surface area contributed by atoms with Crippen molar-refractivity contribution < 1.29 is 0 Å². The van der Waals surface area contributed by atoms with Crippen LogP contribution in [0.25, 0.3) is 0 Å². The Hall–Kier alpha value is 0.489. The predicted molar refractivity (Wildman–Crippen MR) is 53.9 cm³/mol. The molecule has 1 aromatic heterocycles. The van der Waals surface area contributed by atoms with Gasteiger partial charge in [0, 0.05) is 0 Å². The average Bonchev–Trinajstić information content (AvgIpc) is 2.08. The molecule has 0 aliphatic heterocycles. The molecule has 62 valence electrons. The predicted octanol–water partition coefficient (Wildman–Crippen LogP) is 1.73. The molecule has 0 saturated heterocycles. The Morgan fingerprint density at radius 1 is 1.45 bits per heavy atom. The van der Waals surface area contributed by atoms with E-state index in [-0.39, 0.29) is 0 Å². The van der Waals surface area contributed by atoms with Crippen LogP contribution in [0.4, 0.5) is 0 Å². The van der Waals surface area contributed by atoms with Gasteiger partial charge >= 0.3 is 80.3 Å². The SMILES string of the molecule is Cn1c[c]([Sn]([CH3])([CH3])[CH3])c(Br)n1. The molecular weight excluding hydrogens is 311 g/mol. The third-order valence-electron chi connectivity index (χ3n) is 1.59. The third-order valence-corrected chi connectivity index (χ3v) is 8.88. The zero-order valence-electron chi connectivity index (χ0n) is 7.35. The Labute approximate surface area is 80.0 Å². The Kier molecular flexibility index (Phi) is 2.69. The fraction of sp³-hybridized carbons (Fsp3) is 0.571. The summed E-state index contributed by atoms with van der Waals surface area (Å²) in [6.07, 6.45) is 2.14. The summed E-state index contributed by atoms with van der Waals surface area (Å²) in [6, 6.07) is 0. The van der Waals surface area contributed by atoms with Crippen LogP contribution in [0.3, 0.4) is 0 Å². The van der Waals surface area contributed by atoms with Crippen molar-refractivity contribution in [1.29, 1.82) is 0 Å². The molecule has 11 heavy (non-hydrogen) atoms. The van der Waals surface area contributed by atoms with Crippen LogP contribution in [-0.2, 0) is 7.05 Å². The first-order valence-corrected chi connectivity index (χ1v) is 14.4. The van der Waals surface area contributed by atoms with Crippen molar-refractivity contribution in [3.8, 4) is 0 Å². The molecule has 0 N–H and O–H groups in total. The van der Waals surface area contributed by atoms with E-state index in [4.69, 9.17) is 0 Å². The molecule has 1 rings (SSSR count). The summed E-state index contributed by atoms with van der Waals surface area (Å²) in [5, 5.41) is 4.26. The van der Waals surface area contributed by atoms with Gasteiger partial charge in [-0.05, 0) is 0 Å². The molecule has 2 nitrogen and oxygen atoms in total. The average molecular weight is 324 g/mol. The molecule has 0 radical (unpaired) electrons. The maximum absolute atomic E-state index is 4.26. The van der Waals surface area contributed by atoms with Gasteiger partial charge in [-0.2, -0.15) is 0 Å². The van der Waals surface area contributed by atoms with E-state index in [1.54, 1.807) is 0 Å². The van der Waals surface area contributed by atoms with Crippen LogP contribution in [0.15, 0.2) is 10.8 Å².